The molecule has 1 atom stereocenters. The Hall–Kier alpha value is -0.690. The van der Waals surface area contributed by atoms with Crippen LogP contribution < -0.4 is 0 Å². The van der Waals surface area contributed by atoms with Crippen LogP contribution in [0.25, 0.3) is 6.08 Å². The molecule has 1 aromatic carbocycles. The molecule has 166 valence electrons. The van der Waals surface area contributed by atoms with Crippen LogP contribution in [-0.2, 0) is 38.9 Å². The van der Waals surface area contributed by atoms with E-state index in [0.29, 0.717) is 11.8 Å². The van der Waals surface area contributed by atoms with Gasteiger partial charge in [0.2, 0.25) is 0 Å². The molecule has 0 spiro atoms. The van der Waals surface area contributed by atoms with Gasteiger partial charge in [-0.2, -0.15) is 0 Å². The molecule has 4 rings (SSSR count). The molecular formula is C30H42Hf. The average molecular weight is 581 g/mol. The Morgan fingerprint density at radius 3 is 1.97 bits per heavy atom. The predicted octanol–water partition coefficient (Wildman–Crippen LogP) is 8.81. The summed E-state index contributed by atoms with van der Waals surface area (Å²) in [4.78, 5) is 0. The SMILES string of the molecule is CCC1(CC)Cc2cc3c(cc2C1)[C](CC(C)C)([Hf][C]1(C)C(C)=C(C)C(C)=C1C)C=C3. The quantitative estimate of drug-likeness (QED) is 0.295. The average Bonchev–Trinajstić information content (AvgIpc) is 3.31. The second kappa shape index (κ2) is 7.96. The van der Waals surface area contributed by atoms with Gasteiger partial charge < -0.3 is 0 Å². The van der Waals surface area contributed by atoms with Crippen LogP contribution in [0.15, 0.2) is 40.5 Å². The summed E-state index contributed by atoms with van der Waals surface area (Å²) < 4.78 is 0.689. The minimum absolute atomic E-state index is 0.338. The first kappa shape index (κ1) is 23.5. The molecule has 3 aliphatic carbocycles. The Kier molecular flexibility index (Phi) is 6.03. The molecule has 0 saturated carbocycles. The van der Waals surface area contributed by atoms with E-state index in [0.717, 1.165) is 5.92 Å². The van der Waals surface area contributed by atoms with Crippen molar-refractivity contribution in [3.8, 4) is 0 Å². The van der Waals surface area contributed by atoms with E-state index in [-0.39, 0.29) is 0 Å². The molecule has 1 heteroatoms. The van der Waals surface area contributed by atoms with Crippen LogP contribution in [0.4, 0.5) is 0 Å². The van der Waals surface area contributed by atoms with E-state index in [1.807, 2.05) is 0 Å². The molecular weight excluding hydrogens is 539 g/mol. The van der Waals surface area contributed by atoms with Crippen LogP contribution in [0.3, 0.4) is 0 Å². The van der Waals surface area contributed by atoms with E-state index in [1.165, 1.54) is 32.1 Å². The molecule has 0 amide bonds. The molecule has 0 radical (unpaired) electrons. The first-order chi connectivity index (χ1) is 14.5. The van der Waals surface area contributed by atoms with Crippen molar-refractivity contribution < 1.29 is 22.9 Å². The molecule has 0 N–H and O–H groups in total. The third-order valence-corrected chi connectivity index (χ3v) is 17.8. The van der Waals surface area contributed by atoms with E-state index >= 15 is 0 Å². The summed E-state index contributed by atoms with van der Waals surface area (Å²) >= 11 is -1.19. The van der Waals surface area contributed by atoms with E-state index < -0.39 is 22.9 Å². The number of allylic oxidation sites excluding steroid dienone is 5. The van der Waals surface area contributed by atoms with E-state index in [2.05, 4.69) is 86.6 Å². The van der Waals surface area contributed by atoms with Crippen LogP contribution in [0, 0.1) is 11.3 Å². The first-order valence-corrected chi connectivity index (χ1v) is 16.1. The van der Waals surface area contributed by atoms with Gasteiger partial charge in [-0.1, -0.05) is 0 Å². The molecule has 31 heavy (non-hydrogen) atoms. The molecule has 0 heterocycles. The van der Waals surface area contributed by atoms with Crippen molar-refractivity contribution in [3.05, 3.63) is 62.8 Å². The summed E-state index contributed by atoms with van der Waals surface area (Å²) in [5.74, 6) is 0.725. The third-order valence-electron chi connectivity index (χ3n) is 9.42. The second-order valence-electron chi connectivity index (χ2n) is 11.4. The van der Waals surface area contributed by atoms with Gasteiger partial charge >= 0.3 is 204 Å². The molecule has 1 aromatic rings. The Labute approximate surface area is 203 Å². The van der Waals surface area contributed by atoms with E-state index in [9.17, 15) is 0 Å². The van der Waals surface area contributed by atoms with Gasteiger partial charge in [0.05, 0.1) is 0 Å². The van der Waals surface area contributed by atoms with Crippen molar-refractivity contribution >= 4 is 6.08 Å². The van der Waals surface area contributed by atoms with Crippen molar-refractivity contribution in [2.24, 2.45) is 11.3 Å². The summed E-state index contributed by atoms with van der Waals surface area (Å²) in [6.07, 6.45) is 11.7. The predicted molar refractivity (Wildman–Crippen MR) is 132 cm³/mol. The van der Waals surface area contributed by atoms with Crippen LogP contribution >= 0.6 is 0 Å². The van der Waals surface area contributed by atoms with Gasteiger partial charge in [-0.25, -0.2) is 0 Å². The summed E-state index contributed by atoms with van der Waals surface area (Å²) in [5, 5.41) is 0. The van der Waals surface area contributed by atoms with Gasteiger partial charge in [0, 0.05) is 0 Å². The molecule has 0 bridgehead atoms. The van der Waals surface area contributed by atoms with Crippen LogP contribution in [0.5, 0.6) is 0 Å². The van der Waals surface area contributed by atoms with Gasteiger partial charge in [-0.3, -0.25) is 0 Å². The summed E-state index contributed by atoms with van der Waals surface area (Å²) in [5.41, 5.74) is 13.6. The summed E-state index contributed by atoms with van der Waals surface area (Å²) in [6, 6.07) is 5.29. The van der Waals surface area contributed by atoms with Crippen molar-refractivity contribution in [2.75, 3.05) is 0 Å². The molecule has 0 nitrogen and oxygen atoms in total. The molecule has 1 unspecified atom stereocenters. The monoisotopic (exact) mass is 582 g/mol. The first-order valence-electron chi connectivity index (χ1n) is 12.5. The fourth-order valence-corrected chi connectivity index (χ4v) is 16.3. The normalized spacial score (nSPS) is 25.6. The molecule has 0 aliphatic heterocycles. The molecule has 0 fully saturated rings. The Morgan fingerprint density at radius 2 is 1.45 bits per heavy atom. The topological polar surface area (TPSA) is 0 Å². The van der Waals surface area contributed by atoms with Crippen molar-refractivity contribution in [3.63, 3.8) is 0 Å². The van der Waals surface area contributed by atoms with E-state index in [1.54, 1.807) is 44.5 Å². The Bertz CT molecular complexity index is 971. The molecule has 0 aromatic heterocycles. The fraction of sp³-hybridized carbons (Fsp3) is 0.600. The Balaban J connectivity index is 1.80. The Morgan fingerprint density at radius 1 is 0.903 bits per heavy atom. The number of hydrogen-bond acceptors (Lipinski definition) is 0. The van der Waals surface area contributed by atoms with Gasteiger partial charge in [0.15, 0.2) is 0 Å². The van der Waals surface area contributed by atoms with Crippen molar-refractivity contribution in [2.45, 2.75) is 101 Å². The number of benzene rings is 1. The maximum absolute atomic E-state index is 2.70. The van der Waals surface area contributed by atoms with Gasteiger partial charge in [-0.15, -0.1) is 0 Å². The zero-order chi connectivity index (χ0) is 22.8. The number of rotatable bonds is 6. The fourth-order valence-electron chi connectivity index (χ4n) is 6.71. The number of fused-ring (bicyclic) bond motifs is 2. The van der Waals surface area contributed by atoms with Crippen LogP contribution in [0.1, 0.15) is 104 Å². The van der Waals surface area contributed by atoms with Gasteiger partial charge in [0.25, 0.3) is 0 Å². The summed E-state index contributed by atoms with van der Waals surface area (Å²) in [7, 11) is 0. The standard InChI is InChI=1S/C20H27.C10H15.Hf/c1-5-20(6-2)12-17-10-16-8-7-15(9-14(3)4)19(16)11-18(17)13-20;1-6-7(2)9(4)10(5)8(6)3;/h7-8,10-11,14H,5-6,9,12-13H2,1-4H3;1-5H3;. The van der Waals surface area contributed by atoms with Crippen molar-refractivity contribution in [1.29, 1.82) is 0 Å². The third kappa shape index (κ3) is 3.56. The molecule has 3 aliphatic rings. The van der Waals surface area contributed by atoms with Crippen LogP contribution in [-0.4, -0.2) is 0 Å². The maximum atomic E-state index is 2.70. The van der Waals surface area contributed by atoms with Crippen LogP contribution in [0.2, 0.25) is 3.17 Å². The summed E-state index contributed by atoms with van der Waals surface area (Å²) in [6.45, 7) is 21.9. The molecule has 0 saturated heterocycles. The number of hydrogen-bond donors (Lipinski definition) is 0. The minimum atomic E-state index is -1.19. The van der Waals surface area contributed by atoms with Crippen molar-refractivity contribution in [1.82, 2.24) is 0 Å². The van der Waals surface area contributed by atoms with Gasteiger partial charge in [0.1, 0.15) is 0 Å². The second-order valence-corrected chi connectivity index (χ2v) is 19.1. The zero-order valence-corrected chi connectivity index (χ0v) is 25.0. The van der Waals surface area contributed by atoms with Gasteiger partial charge in [-0.05, 0) is 0 Å². The zero-order valence-electron chi connectivity index (χ0n) is 21.4. The van der Waals surface area contributed by atoms with E-state index in [4.69, 9.17) is 0 Å².